The Morgan fingerprint density at radius 3 is 2.62 bits per heavy atom. The predicted molar refractivity (Wildman–Crippen MR) is 65.9 cm³/mol. The Hall–Kier alpha value is -0.890. The lowest BCUT2D eigenvalue weighted by molar-refractivity contribution is 0.0520. The minimum absolute atomic E-state index is 0.181. The molecule has 0 aliphatic rings. The number of ether oxygens (including phenoxy) is 1. The summed E-state index contributed by atoms with van der Waals surface area (Å²) < 4.78 is 5.12. The number of amides is 1. The Labute approximate surface area is 102 Å². The Morgan fingerprint density at radius 1 is 1.56 bits per heavy atom. The fraction of sp³-hybridized carbons (Fsp3) is 0.818. The molecule has 0 aliphatic heterocycles. The molecule has 1 N–H and O–H groups in total. The van der Waals surface area contributed by atoms with Gasteiger partial charge >= 0.3 is 6.09 Å². The first kappa shape index (κ1) is 15.1. The van der Waals surface area contributed by atoms with Crippen molar-refractivity contribution in [2.45, 2.75) is 57.9 Å². The molecule has 0 rings (SSSR count). The number of hydrogen-bond acceptors (Lipinski definition) is 4. The number of alkyl carbamates (subject to hydrolysis) is 1. The molecular formula is C11H20N2O2S. The van der Waals surface area contributed by atoms with E-state index in [0.717, 1.165) is 31.0 Å². The standard InChI is InChI=1S/C11H20N2O2S/c1-5-6-7-9(16-8-12)13-10(14)15-11(2,3)4/h9H,5-7H2,1-4H3,(H,13,14)/t9-/m1/s1. The molecule has 0 spiro atoms. The van der Waals surface area contributed by atoms with Gasteiger partial charge in [0.25, 0.3) is 0 Å². The number of rotatable bonds is 5. The zero-order chi connectivity index (χ0) is 12.6. The van der Waals surface area contributed by atoms with Crippen LogP contribution in [0.15, 0.2) is 0 Å². The molecule has 0 aliphatic carbocycles. The van der Waals surface area contributed by atoms with Crippen LogP contribution in [0, 0.1) is 10.7 Å². The first-order valence-electron chi connectivity index (χ1n) is 5.43. The van der Waals surface area contributed by atoms with E-state index >= 15 is 0 Å². The van der Waals surface area contributed by atoms with Crippen LogP contribution in [0.2, 0.25) is 0 Å². The smallest absolute Gasteiger partial charge is 0.408 e. The summed E-state index contributed by atoms with van der Waals surface area (Å²) in [6.07, 6.45) is 2.35. The predicted octanol–water partition coefficient (Wildman–Crippen LogP) is 3.24. The molecule has 1 amide bonds. The van der Waals surface area contributed by atoms with Gasteiger partial charge in [-0.05, 0) is 39.0 Å². The van der Waals surface area contributed by atoms with Crippen molar-refractivity contribution in [3.8, 4) is 5.40 Å². The number of thioether (sulfide) groups is 1. The van der Waals surface area contributed by atoms with Gasteiger partial charge < -0.3 is 10.1 Å². The Balaban J connectivity index is 4.08. The second-order valence-electron chi connectivity index (χ2n) is 4.49. The Bertz CT molecular complexity index is 256. The lowest BCUT2D eigenvalue weighted by atomic mass is 10.2. The van der Waals surface area contributed by atoms with Crippen LogP contribution < -0.4 is 5.32 Å². The van der Waals surface area contributed by atoms with Crippen molar-refractivity contribution in [3.05, 3.63) is 0 Å². The van der Waals surface area contributed by atoms with Gasteiger partial charge in [-0.25, -0.2) is 4.79 Å². The molecule has 0 unspecified atom stereocenters. The molecule has 0 fully saturated rings. The lowest BCUT2D eigenvalue weighted by Crippen LogP contribution is -2.37. The molecule has 0 aromatic rings. The highest BCUT2D eigenvalue weighted by Gasteiger charge is 2.19. The van der Waals surface area contributed by atoms with E-state index < -0.39 is 11.7 Å². The third-order valence-corrected chi connectivity index (χ3v) is 2.44. The van der Waals surface area contributed by atoms with Gasteiger partial charge in [-0.2, -0.15) is 5.26 Å². The first-order valence-corrected chi connectivity index (χ1v) is 6.31. The van der Waals surface area contributed by atoms with Gasteiger partial charge in [0.15, 0.2) is 0 Å². The minimum atomic E-state index is -0.503. The fourth-order valence-electron chi connectivity index (χ4n) is 1.05. The topological polar surface area (TPSA) is 62.1 Å². The Morgan fingerprint density at radius 2 is 2.19 bits per heavy atom. The number of nitriles is 1. The van der Waals surface area contributed by atoms with E-state index in [1.165, 1.54) is 0 Å². The summed E-state index contributed by atoms with van der Waals surface area (Å²) >= 11 is 1.06. The molecule has 0 radical (unpaired) electrons. The van der Waals surface area contributed by atoms with Crippen molar-refractivity contribution in [1.29, 1.82) is 5.26 Å². The maximum absolute atomic E-state index is 11.5. The fourth-order valence-corrected chi connectivity index (χ4v) is 1.62. The monoisotopic (exact) mass is 244 g/mol. The summed E-state index contributed by atoms with van der Waals surface area (Å²) in [4.78, 5) is 11.5. The summed E-state index contributed by atoms with van der Waals surface area (Å²) in [5.41, 5.74) is -0.503. The van der Waals surface area contributed by atoms with E-state index in [2.05, 4.69) is 12.2 Å². The molecule has 0 aromatic carbocycles. The number of nitrogens with one attached hydrogen (secondary N) is 1. The molecule has 0 heterocycles. The van der Waals surface area contributed by atoms with Gasteiger partial charge in [-0.1, -0.05) is 19.8 Å². The van der Waals surface area contributed by atoms with Crippen LogP contribution in [0.5, 0.6) is 0 Å². The molecule has 16 heavy (non-hydrogen) atoms. The summed E-state index contributed by atoms with van der Waals surface area (Å²) in [7, 11) is 0. The Kier molecular flexibility index (Phi) is 6.98. The maximum Gasteiger partial charge on any atom is 0.408 e. The van der Waals surface area contributed by atoms with Crippen molar-refractivity contribution >= 4 is 17.9 Å². The molecule has 4 nitrogen and oxygen atoms in total. The number of hydrogen-bond donors (Lipinski definition) is 1. The molecule has 0 saturated carbocycles. The number of carbonyl (C=O) groups is 1. The van der Waals surface area contributed by atoms with E-state index in [1.807, 2.05) is 26.2 Å². The van der Waals surface area contributed by atoms with Crippen molar-refractivity contribution in [1.82, 2.24) is 5.32 Å². The molecule has 1 atom stereocenters. The van der Waals surface area contributed by atoms with Gasteiger partial charge in [0.1, 0.15) is 11.0 Å². The summed E-state index contributed by atoms with van der Waals surface area (Å²) in [6.45, 7) is 7.50. The van der Waals surface area contributed by atoms with Gasteiger partial charge in [-0.15, -0.1) is 0 Å². The van der Waals surface area contributed by atoms with Gasteiger partial charge in [0, 0.05) is 0 Å². The highest BCUT2D eigenvalue weighted by Crippen LogP contribution is 2.15. The quantitative estimate of drug-likeness (QED) is 0.595. The van der Waals surface area contributed by atoms with Crippen LogP contribution in [0.4, 0.5) is 4.79 Å². The average Bonchev–Trinajstić information content (AvgIpc) is 2.11. The highest BCUT2D eigenvalue weighted by molar-refractivity contribution is 8.04. The van der Waals surface area contributed by atoms with Crippen LogP contribution in [0.3, 0.4) is 0 Å². The minimum Gasteiger partial charge on any atom is -0.444 e. The van der Waals surface area contributed by atoms with E-state index in [9.17, 15) is 4.79 Å². The van der Waals surface area contributed by atoms with Gasteiger partial charge in [-0.3, -0.25) is 0 Å². The zero-order valence-electron chi connectivity index (χ0n) is 10.4. The third-order valence-electron chi connectivity index (χ3n) is 1.69. The van der Waals surface area contributed by atoms with Crippen LogP contribution in [-0.4, -0.2) is 17.1 Å². The summed E-state index contributed by atoms with van der Waals surface area (Å²) in [5.74, 6) is 0. The van der Waals surface area contributed by atoms with Gasteiger partial charge in [0.2, 0.25) is 0 Å². The lowest BCUT2D eigenvalue weighted by Gasteiger charge is -2.22. The van der Waals surface area contributed by atoms with Crippen molar-refractivity contribution in [3.63, 3.8) is 0 Å². The maximum atomic E-state index is 11.5. The largest absolute Gasteiger partial charge is 0.444 e. The number of carbonyl (C=O) groups excluding carboxylic acids is 1. The molecular weight excluding hydrogens is 224 g/mol. The van der Waals surface area contributed by atoms with Gasteiger partial charge in [0.05, 0.1) is 5.37 Å². The third kappa shape index (κ3) is 8.42. The number of nitrogens with zero attached hydrogens (tertiary/aromatic N) is 1. The molecule has 92 valence electrons. The highest BCUT2D eigenvalue weighted by atomic mass is 32.2. The van der Waals surface area contributed by atoms with Crippen LogP contribution in [0.1, 0.15) is 47.0 Å². The van der Waals surface area contributed by atoms with Crippen LogP contribution in [0.25, 0.3) is 0 Å². The van der Waals surface area contributed by atoms with Crippen molar-refractivity contribution in [2.75, 3.05) is 0 Å². The zero-order valence-corrected chi connectivity index (χ0v) is 11.2. The molecule has 5 heteroatoms. The number of thiocyanates is 1. The summed E-state index contributed by atoms with van der Waals surface area (Å²) in [5, 5.41) is 13.1. The molecule has 0 saturated heterocycles. The SMILES string of the molecule is CCCC[C@H](NC(=O)OC(C)(C)C)SC#N. The van der Waals surface area contributed by atoms with Crippen molar-refractivity contribution < 1.29 is 9.53 Å². The van der Waals surface area contributed by atoms with Crippen LogP contribution >= 0.6 is 11.8 Å². The second-order valence-corrected chi connectivity index (χ2v) is 5.47. The van der Waals surface area contributed by atoms with E-state index in [1.54, 1.807) is 0 Å². The van der Waals surface area contributed by atoms with E-state index in [0.29, 0.717) is 0 Å². The van der Waals surface area contributed by atoms with E-state index in [4.69, 9.17) is 10.00 Å². The van der Waals surface area contributed by atoms with E-state index in [-0.39, 0.29) is 5.37 Å². The molecule has 0 aromatic heterocycles. The number of unbranched alkanes of at least 4 members (excludes halogenated alkanes) is 1. The average molecular weight is 244 g/mol. The summed E-state index contributed by atoms with van der Waals surface area (Å²) in [6, 6.07) is 0. The first-order chi connectivity index (χ1) is 7.39. The second kappa shape index (κ2) is 7.39. The molecule has 0 bridgehead atoms. The normalized spacial score (nSPS) is 12.7. The van der Waals surface area contributed by atoms with Crippen molar-refractivity contribution in [2.24, 2.45) is 0 Å². The van der Waals surface area contributed by atoms with Crippen LogP contribution in [-0.2, 0) is 4.74 Å².